The predicted octanol–water partition coefficient (Wildman–Crippen LogP) is 4.02. The topological polar surface area (TPSA) is 55.9 Å². The molecule has 1 saturated carbocycles. The van der Waals surface area contributed by atoms with E-state index in [9.17, 15) is 0 Å². The molecule has 1 aromatic carbocycles. The van der Waals surface area contributed by atoms with Gasteiger partial charge in [-0.2, -0.15) is 0 Å². The maximum atomic E-state index is 15.1. The molecule has 166 valence electrons. The molecule has 8 heteroatoms. The van der Waals surface area contributed by atoms with Crippen molar-refractivity contribution in [3.05, 3.63) is 41.1 Å². The Morgan fingerprint density at radius 1 is 1.19 bits per heavy atom. The van der Waals surface area contributed by atoms with E-state index < -0.39 is 11.6 Å². The first-order chi connectivity index (χ1) is 15.0. The monoisotopic (exact) mass is 431 g/mol. The van der Waals surface area contributed by atoms with E-state index in [-0.39, 0.29) is 28.7 Å². The predicted molar refractivity (Wildman–Crippen MR) is 113 cm³/mol. The highest BCUT2D eigenvalue weighted by Crippen LogP contribution is 2.54. The second-order valence-electron chi connectivity index (χ2n) is 8.64. The van der Waals surface area contributed by atoms with Crippen LogP contribution in [0.3, 0.4) is 0 Å². The number of aromatic nitrogens is 1. The molecule has 0 radical (unpaired) electrons. The number of hydrogen-bond donors (Lipinski definition) is 1. The van der Waals surface area contributed by atoms with Crippen LogP contribution in [0.25, 0.3) is 0 Å². The number of halogens is 2. The number of anilines is 2. The third-order valence-corrected chi connectivity index (χ3v) is 6.67. The lowest BCUT2D eigenvalue weighted by molar-refractivity contribution is 0.120. The minimum absolute atomic E-state index is 0.0318. The molecule has 5 rings (SSSR count). The zero-order chi connectivity index (χ0) is 21.6. The lowest BCUT2D eigenvalue weighted by atomic mass is 9.87. The highest BCUT2D eigenvalue weighted by atomic mass is 19.1. The number of methoxy groups -OCH3 is 2. The van der Waals surface area contributed by atoms with Crippen LogP contribution in [0.4, 0.5) is 20.3 Å². The summed E-state index contributed by atoms with van der Waals surface area (Å²) in [5.41, 5.74) is 2.01. The van der Waals surface area contributed by atoms with E-state index in [1.807, 2.05) is 6.20 Å². The van der Waals surface area contributed by atoms with Crippen LogP contribution in [0.5, 0.6) is 11.5 Å². The van der Waals surface area contributed by atoms with Gasteiger partial charge in [0, 0.05) is 43.9 Å². The van der Waals surface area contributed by atoms with Crippen molar-refractivity contribution in [3.63, 3.8) is 0 Å². The zero-order valence-corrected chi connectivity index (χ0v) is 17.8. The summed E-state index contributed by atoms with van der Waals surface area (Å²) in [6.45, 7) is 2.48. The Morgan fingerprint density at radius 3 is 2.55 bits per heavy atom. The standard InChI is InChI=1S/C23H27F2N3O3/c1-29-17-9-18(30-2)21(25)22(20(17)24)28-12-14-10-26-19(27-11-15-4-3-7-31-15)8-16(14)23(13-28)5-6-23/h8-10,15H,3-7,11-13H2,1-2H3,(H,26,27)/t15-/m0/s1. The fourth-order valence-corrected chi connectivity index (χ4v) is 4.82. The van der Waals surface area contributed by atoms with Crippen LogP contribution in [-0.2, 0) is 16.7 Å². The lowest BCUT2D eigenvalue weighted by Gasteiger charge is -2.37. The Bertz CT molecular complexity index is 962. The number of ether oxygens (including phenoxy) is 3. The quantitative estimate of drug-likeness (QED) is 0.746. The van der Waals surface area contributed by atoms with Crippen LogP contribution in [0.1, 0.15) is 36.8 Å². The van der Waals surface area contributed by atoms with Crippen LogP contribution < -0.4 is 19.7 Å². The molecule has 1 spiro atoms. The summed E-state index contributed by atoms with van der Waals surface area (Å²) in [6, 6.07) is 3.35. The van der Waals surface area contributed by atoms with E-state index in [1.165, 1.54) is 25.8 Å². The van der Waals surface area contributed by atoms with Crippen LogP contribution in [0.15, 0.2) is 18.3 Å². The number of hydrogen-bond acceptors (Lipinski definition) is 6. The van der Waals surface area contributed by atoms with Gasteiger partial charge in [0.1, 0.15) is 11.5 Å². The summed E-state index contributed by atoms with van der Waals surface area (Å²) < 4.78 is 46.1. The molecule has 3 aliphatic rings. The fraction of sp³-hybridized carbons (Fsp3) is 0.522. The molecular weight excluding hydrogens is 404 g/mol. The normalized spacial score (nSPS) is 21.2. The summed E-state index contributed by atoms with van der Waals surface area (Å²) in [5.74, 6) is -0.647. The average Bonchev–Trinajstić information content (AvgIpc) is 3.33. The van der Waals surface area contributed by atoms with Crippen molar-refractivity contribution in [1.29, 1.82) is 0 Å². The van der Waals surface area contributed by atoms with Gasteiger partial charge in [-0.05, 0) is 42.9 Å². The molecule has 0 bridgehead atoms. The van der Waals surface area contributed by atoms with Crippen LogP contribution in [-0.4, -0.2) is 45.0 Å². The molecule has 1 aliphatic carbocycles. The Labute approximate surface area is 180 Å². The average molecular weight is 431 g/mol. The van der Waals surface area contributed by atoms with Gasteiger partial charge in [-0.25, -0.2) is 13.8 Å². The molecule has 31 heavy (non-hydrogen) atoms. The molecule has 1 N–H and O–H groups in total. The maximum Gasteiger partial charge on any atom is 0.191 e. The van der Waals surface area contributed by atoms with Crippen molar-refractivity contribution < 1.29 is 23.0 Å². The molecule has 2 fully saturated rings. The third kappa shape index (κ3) is 3.56. The van der Waals surface area contributed by atoms with Gasteiger partial charge in [-0.15, -0.1) is 0 Å². The van der Waals surface area contributed by atoms with Crippen molar-refractivity contribution in [2.24, 2.45) is 0 Å². The number of nitrogens with one attached hydrogen (secondary N) is 1. The van der Waals surface area contributed by atoms with Gasteiger partial charge in [0.25, 0.3) is 0 Å². The Kier molecular flexibility index (Phi) is 5.12. The third-order valence-electron chi connectivity index (χ3n) is 6.67. The van der Waals surface area contributed by atoms with Gasteiger partial charge in [0.2, 0.25) is 0 Å². The molecule has 1 atom stereocenters. The maximum absolute atomic E-state index is 15.1. The van der Waals surface area contributed by atoms with E-state index in [0.717, 1.165) is 50.2 Å². The fourth-order valence-electron chi connectivity index (χ4n) is 4.82. The molecule has 6 nitrogen and oxygen atoms in total. The summed E-state index contributed by atoms with van der Waals surface area (Å²) in [7, 11) is 2.73. The Hall–Kier alpha value is -2.61. The van der Waals surface area contributed by atoms with Gasteiger partial charge in [-0.1, -0.05) is 0 Å². The second kappa shape index (κ2) is 7.82. The van der Waals surface area contributed by atoms with E-state index in [1.54, 1.807) is 4.90 Å². The highest BCUT2D eigenvalue weighted by molar-refractivity contribution is 5.62. The molecule has 0 amide bonds. The summed E-state index contributed by atoms with van der Waals surface area (Å²) >= 11 is 0. The van der Waals surface area contributed by atoms with Gasteiger partial charge in [-0.3, -0.25) is 0 Å². The molecule has 1 saturated heterocycles. The van der Waals surface area contributed by atoms with E-state index >= 15 is 8.78 Å². The molecule has 1 aromatic heterocycles. The Balaban J connectivity index is 1.44. The van der Waals surface area contributed by atoms with Crippen molar-refractivity contribution in [1.82, 2.24) is 4.98 Å². The van der Waals surface area contributed by atoms with Crippen molar-refractivity contribution in [2.45, 2.75) is 43.7 Å². The number of rotatable bonds is 6. The van der Waals surface area contributed by atoms with Crippen LogP contribution in [0.2, 0.25) is 0 Å². The SMILES string of the molecule is COc1cc(OC)c(F)c(N2Cc3cnc(NC[C@@H]4CCCO4)cc3C3(CC3)C2)c1F. The molecule has 2 aromatic rings. The van der Waals surface area contributed by atoms with E-state index in [0.29, 0.717) is 13.1 Å². The van der Waals surface area contributed by atoms with E-state index in [4.69, 9.17) is 14.2 Å². The number of nitrogens with zero attached hydrogens (tertiary/aromatic N) is 2. The van der Waals surface area contributed by atoms with Crippen LogP contribution >= 0.6 is 0 Å². The van der Waals surface area contributed by atoms with Gasteiger partial charge < -0.3 is 24.4 Å². The first-order valence-corrected chi connectivity index (χ1v) is 10.7. The summed E-state index contributed by atoms with van der Waals surface area (Å²) in [5, 5.41) is 3.39. The van der Waals surface area contributed by atoms with Crippen molar-refractivity contribution in [2.75, 3.05) is 44.1 Å². The Morgan fingerprint density at radius 2 is 1.94 bits per heavy atom. The summed E-state index contributed by atoms with van der Waals surface area (Å²) in [4.78, 5) is 6.31. The first-order valence-electron chi connectivity index (χ1n) is 10.7. The zero-order valence-electron chi connectivity index (χ0n) is 17.8. The number of fused-ring (bicyclic) bond motifs is 2. The minimum atomic E-state index is -0.706. The van der Waals surface area contributed by atoms with Gasteiger partial charge in [0.15, 0.2) is 23.1 Å². The number of pyridine rings is 1. The number of benzene rings is 1. The van der Waals surface area contributed by atoms with Crippen molar-refractivity contribution in [3.8, 4) is 11.5 Å². The van der Waals surface area contributed by atoms with Crippen LogP contribution in [0, 0.1) is 11.6 Å². The lowest BCUT2D eigenvalue weighted by Crippen LogP contribution is -2.39. The largest absolute Gasteiger partial charge is 0.493 e. The van der Waals surface area contributed by atoms with E-state index in [2.05, 4.69) is 16.4 Å². The molecule has 0 unspecified atom stereocenters. The van der Waals surface area contributed by atoms with Crippen molar-refractivity contribution >= 4 is 11.5 Å². The minimum Gasteiger partial charge on any atom is -0.493 e. The molecule has 2 aliphatic heterocycles. The molecule has 3 heterocycles. The van der Waals surface area contributed by atoms with Gasteiger partial charge >= 0.3 is 0 Å². The summed E-state index contributed by atoms with van der Waals surface area (Å²) in [6.07, 6.45) is 6.19. The van der Waals surface area contributed by atoms with Gasteiger partial charge in [0.05, 0.1) is 20.3 Å². The molecular formula is C23H27F2N3O3. The smallest absolute Gasteiger partial charge is 0.191 e. The first kappa shape index (κ1) is 20.3. The highest BCUT2D eigenvalue weighted by Gasteiger charge is 2.50. The second-order valence-corrected chi connectivity index (χ2v) is 8.64.